The number of amides is 2. The normalized spacial score (nSPS) is 15.2. The summed E-state index contributed by atoms with van der Waals surface area (Å²) in [6.07, 6.45) is 5.85. The van der Waals surface area contributed by atoms with Crippen molar-refractivity contribution in [2.24, 2.45) is 0 Å². The van der Waals surface area contributed by atoms with Gasteiger partial charge in [0.25, 0.3) is 5.91 Å². The lowest BCUT2D eigenvalue weighted by atomic mass is 10.1. The summed E-state index contributed by atoms with van der Waals surface area (Å²) >= 11 is 1.55. The monoisotopic (exact) mass is 336 g/mol. The van der Waals surface area contributed by atoms with E-state index in [9.17, 15) is 9.59 Å². The average molecular weight is 336 g/mol. The zero-order valence-corrected chi connectivity index (χ0v) is 13.7. The number of hydrogen-bond donors (Lipinski definition) is 2. The van der Waals surface area contributed by atoms with Gasteiger partial charge in [-0.1, -0.05) is 36.3 Å². The first-order valence-electron chi connectivity index (χ1n) is 7.55. The van der Waals surface area contributed by atoms with Gasteiger partial charge in [0.15, 0.2) is 0 Å². The molecule has 2 amide bonds. The van der Waals surface area contributed by atoms with Crippen molar-refractivity contribution in [1.29, 1.82) is 0 Å². The number of carbonyl (C=O) groups is 2. The summed E-state index contributed by atoms with van der Waals surface area (Å²) < 4.78 is 0. The summed E-state index contributed by atoms with van der Waals surface area (Å²) in [5, 5.41) is 5.30. The maximum Gasteiger partial charge on any atom is 0.254 e. The highest BCUT2D eigenvalue weighted by Gasteiger charge is 2.28. The Morgan fingerprint density at radius 2 is 1.92 bits per heavy atom. The molecule has 1 aliphatic heterocycles. The SMILES string of the molecule is C#CCNC(=O)c1ccccc1NC(=O)C1Cc2ccccc2S1. The van der Waals surface area contributed by atoms with E-state index in [1.54, 1.807) is 36.0 Å². The Bertz CT molecular complexity index is 801. The molecule has 0 bridgehead atoms. The zero-order chi connectivity index (χ0) is 16.9. The molecular formula is C19H16N2O2S. The van der Waals surface area contributed by atoms with Crippen molar-refractivity contribution in [3.05, 3.63) is 59.7 Å². The summed E-state index contributed by atoms with van der Waals surface area (Å²) in [5.74, 6) is 1.96. The molecule has 0 aromatic heterocycles. The van der Waals surface area contributed by atoms with Gasteiger partial charge in [-0.15, -0.1) is 18.2 Å². The lowest BCUT2D eigenvalue weighted by Crippen LogP contribution is -2.28. The molecular weight excluding hydrogens is 320 g/mol. The van der Waals surface area contributed by atoms with Crippen molar-refractivity contribution >= 4 is 29.3 Å². The largest absolute Gasteiger partial charge is 0.341 e. The Labute approximate surface area is 145 Å². The number of rotatable bonds is 4. The number of anilines is 1. The Balaban J connectivity index is 1.72. The van der Waals surface area contributed by atoms with E-state index in [2.05, 4.69) is 16.6 Å². The minimum atomic E-state index is -0.300. The number of fused-ring (bicyclic) bond motifs is 1. The van der Waals surface area contributed by atoms with Gasteiger partial charge in [-0.05, 0) is 30.2 Å². The highest BCUT2D eigenvalue weighted by Crippen LogP contribution is 2.37. The second-order valence-corrected chi connectivity index (χ2v) is 6.58. The highest BCUT2D eigenvalue weighted by molar-refractivity contribution is 8.01. The van der Waals surface area contributed by atoms with Gasteiger partial charge < -0.3 is 10.6 Å². The Kier molecular flexibility index (Phi) is 4.88. The fraction of sp³-hybridized carbons (Fsp3) is 0.158. The first-order valence-corrected chi connectivity index (χ1v) is 8.43. The van der Waals surface area contributed by atoms with Crippen LogP contribution in [0.15, 0.2) is 53.4 Å². The van der Waals surface area contributed by atoms with E-state index < -0.39 is 0 Å². The third-order valence-corrected chi connectivity index (χ3v) is 5.04. The van der Waals surface area contributed by atoms with E-state index in [0.29, 0.717) is 17.7 Å². The molecule has 4 nitrogen and oxygen atoms in total. The average Bonchev–Trinajstić information content (AvgIpc) is 3.04. The molecule has 1 unspecified atom stereocenters. The van der Waals surface area contributed by atoms with Gasteiger partial charge in [0, 0.05) is 4.90 Å². The van der Waals surface area contributed by atoms with E-state index >= 15 is 0 Å². The van der Waals surface area contributed by atoms with Gasteiger partial charge in [0.1, 0.15) is 0 Å². The van der Waals surface area contributed by atoms with Crippen molar-refractivity contribution < 1.29 is 9.59 Å². The number of para-hydroxylation sites is 1. The van der Waals surface area contributed by atoms with E-state index in [0.717, 1.165) is 4.90 Å². The van der Waals surface area contributed by atoms with E-state index in [1.807, 2.05) is 24.3 Å². The van der Waals surface area contributed by atoms with Crippen molar-refractivity contribution in [2.75, 3.05) is 11.9 Å². The summed E-state index contributed by atoms with van der Waals surface area (Å²) in [6.45, 7) is 0.148. The molecule has 0 saturated heterocycles. The molecule has 2 aromatic rings. The van der Waals surface area contributed by atoms with Crippen LogP contribution in [0.2, 0.25) is 0 Å². The minimum Gasteiger partial charge on any atom is -0.341 e. The van der Waals surface area contributed by atoms with Crippen molar-refractivity contribution in [2.45, 2.75) is 16.6 Å². The van der Waals surface area contributed by atoms with Crippen LogP contribution in [-0.2, 0) is 11.2 Å². The molecule has 0 fully saturated rings. The van der Waals surface area contributed by atoms with Gasteiger partial charge in [0.2, 0.25) is 5.91 Å². The van der Waals surface area contributed by atoms with Crippen molar-refractivity contribution in [3.63, 3.8) is 0 Å². The van der Waals surface area contributed by atoms with Crippen molar-refractivity contribution in [1.82, 2.24) is 5.32 Å². The highest BCUT2D eigenvalue weighted by atomic mass is 32.2. The van der Waals surface area contributed by atoms with Crippen LogP contribution in [-0.4, -0.2) is 23.6 Å². The van der Waals surface area contributed by atoms with E-state index in [-0.39, 0.29) is 23.6 Å². The van der Waals surface area contributed by atoms with Gasteiger partial charge in [-0.3, -0.25) is 9.59 Å². The standard InChI is InChI=1S/C19H16N2O2S/c1-2-11-20-18(22)14-8-4-5-9-15(14)21-19(23)17-12-13-7-3-6-10-16(13)24-17/h1,3-10,17H,11-12H2,(H,20,22)(H,21,23). The summed E-state index contributed by atoms with van der Waals surface area (Å²) in [5.41, 5.74) is 2.08. The van der Waals surface area contributed by atoms with Gasteiger partial charge in [-0.2, -0.15) is 0 Å². The van der Waals surface area contributed by atoms with Crippen molar-refractivity contribution in [3.8, 4) is 12.3 Å². The molecule has 120 valence electrons. The lowest BCUT2D eigenvalue weighted by Gasteiger charge is -2.13. The van der Waals surface area contributed by atoms with Crippen LogP contribution >= 0.6 is 11.8 Å². The molecule has 0 radical (unpaired) electrons. The Morgan fingerprint density at radius 3 is 2.71 bits per heavy atom. The molecule has 24 heavy (non-hydrogen) atoms. The van der Waals surface area contributed by atoms with Crippen LogP contribution in [0.3, 0.4) is 0 Å². The maximum atomic E-state index is 12.6. The maximum absolute atomic E-state index is 12.6. The van der Waals surface area contributed by atoms with Crippen LogP contribution in [0.5, 0.6) is 0 Å². The first kappa shape index (κ1) is 16.2. The minimum absolute atomic E-state index is 0.103. The molecule has 5 heteroatoms. The third-order valence-electron chi connectivity index (χ3n) is 3.72. The third kappa shape index (κ3) is 3.44. The van der Waals surface area contributed by atoms with Crippen LogP contribution in [0.1, 0.15) is 15.9 Å². The first-order chi connectivity index (χ1) is 11.7. The fourth-order valence-electron chi connectivity index (χ4n) is 2.56. The quantitative estimate of drug-likeness (QED) is 0.844. The number of hydrogen-bond acceptors (Lipinski definition) is 3. The number of carbonyl (C=O) groups excluding carboxylic acids is 2. The van der Waals surface area contributed by atoms with Crippen LogP contribution in [0.4, 0.5) is 5.69 Å². The molecule has 0 spiro atoms. The molecule has 1 atom stereocenters. The summed E-state index contributed by atoms with van der Waals surface area (Å²) in [7, 11) is 0. The van der Waals surface area contributed by atoms with Gasteiger partial charge in [0.05, 0.1) is 23.0 Å². The van der Waals surface area contributed by atoms with E-state index in [4.69, 9.17) is 6.42 Å². The lowest BCUT2D eigenvalue weighted by molar-refractivity contribution is -0.115. The number of thioether (sulfide) groups is 1. The zero-order valence-electron chi connectivity index (χ0n) is 12.9. The number of nitrogens with one attached hydrogen (secondary N) is 2. The van der Waals surface area contributed by atoms with Crippen LogP contribution in [0.25, 0.3) is 0 Å². The molecule has 2 N–H and O–H groups in total. The predicted molar refractivity (Wildman–Crippen MR) is 96.0 cm³/mol. The van der Waals surface area contributed by atoms with Crippen LogP contribution < -0.4 is 10.6 Å². The Morgan fingerprint density at radius 1 is 1.17 bits per heavy atom. The van der Waals surface area contributed by atoms with Gasteiger partial charge in [-0.25, -0.2) is 0 Å². The predicted octanol–water partition coefficient (Wildman–Crippen LogP) is 2.71. The molecule has 1 heterocycles. The smallest absolute Gasteiger partial charge is 0.254 e. The Hall–Kier alpha value is -2.71. The fourth-order valence-corrected chi connectivity index (χ4v) is 3.75. The molecule has 0 aliphatic carbocycles. The second-order valence-electron chi connectivity index (χ2n) is 5.34. The van der Waals surface area contributed by atoms with Crippen LogP contribution in [0, 0.1) is 12.3 Å². The van der Waals surface area contributed by atoms with E-state index in [1.165, 1.54) is 5.56 Å². The molecule has 1 aliphatic rings. The topological polar surface area (TPSA) is 58.2 Å². The molecule has 3 rings (SSSR count). The second kappa shape index (κ2) is 7.24. The van der Waals surface area contributed by atoms with Gasteiger partial charge >= 0.3 is 0 Å². The number of benzene rings is 2. The summed E-state index contributed by atoms with van der Waals surface area (Å²) in [4.78, 5) is 25.9. The molecule has 0 saturated carbocycles. The number of terminal acetylenes is 1. The summed E-state index contributed by atoms with van der Waals surface area (Å²) in [6, 6.07) is 14.9. The molecule has 2 aromatic carbocycles.